The van der Waals surface area contributed by atoms with E-state index in [1.165, 1.54) is 77.0 Å². The fraction of sp³-hybridized carbons (Fsp3) is 0.833. The minimum atomic E-state index is -4.71. The SMILES string of the molecule is CCCCCCCC/C=C/CCCCCCCC(=O)OC[C@H](COP(=O)(O)OC[C@H](N)C(=O)O)OC(=O)CCCCCCC/C=C/CCCCCCCC. The van der Waals surface area contributed by atoms with E-state index in [9.17, 15) is 23.8 Å². The highest BCUT2D eigenvalue weighted by molar-refractivity contribution is 7.47. The Bertz CT molecular complexity index is 1020. The molecular weight excluding hydrogens is 709 g/mol. The summed E-state index contributed by atoms with van der Waals surface area (Å²) in [6.45, 7) is 2.78. The fourth-order valence-electron chi connectivity index (χ4n) is 5.76. The molecule has 3 atom stereocenters. The largest absolute Gasteiger partial charge is 0.480 e. The number of phosphoric acid groups is 1. The molecular formula is C42H78NO10P. The number of hydrogen-bond acceptors (Lipinski definition) is 9. The number of esters is 2. The van der Waals surface area contributed by atoms with Crippen LogP contribution in [0.4, 0.5) is 0 Å². The molecule has 0 aromatic rings. The number of carbonyl (C=O) groups is 3. The number of rotatable bonds is 40. The lowest BCUT2D eigenvalue weighted by Gasteiger charge is -2.20. The van der Waals surface area contributed by atoms with Gasteiger partial charge >= 0.3 is 25.7 Å². The number of carbonyl (C=O) groups excluding carboxylic acids is 2. The third kappa shape index (κ3) is 36.9. The zero-order chi connectivity index (χ0) is 40.0. The molecule has 0 aromatic heterocycles. The van der Waals surface area contributed by atoms with Crippen molar-refractivity contribution >= 4 is 25.7 Å². The second kappa shape index (κ2) is 37.9. The van der Waals surface area contributed by atoms with E-state index >= 15 is 0 Å². The fourth-order valence-corrected chi connectivity index (χ4v) is 6.54. The monoisotopic (exact) mass is 788 g/mol. The quantitative estimate of drug-likeness (QED) is 0.0233. The maximum Gasteiger partial charge on any atom is 0.472 e. The number of carboxylic acids is 1. The smallest absolute Gasteiger partial charge is 0.472 e. The molecule has 11 nitrogen and oxygen atoms in total. The van der Waals surface area contributed by atoms with E-state index in [1.54, 1.807) is 0 Å². The Morgan fingerprint density at radius 2 is 0.926 bits per heavy atom. The topological polar surface area (TPSA) is 172 Å². The molecule has 0 aromatic carbocycles. The number of nitrogens with two attached hydrogens (primary N) is 1. The number of hydrogen-bond donors (Lipinski definition) is 3. The minimum absolute atomic E-state index is 0.151. The van der Waals surface area contributed by atoms with E-state index in [4.69, 9.17) is 24.8 Å². The van der Waals surface area contributed by atoms with Gasteiger partial charge < -0.3 is 25.2 Å². The molecule has 12 heteroatoms. The summed E-state index contributed by atoms with van der Waals surface area (Å²) in [7, 11) is -4.71. The molecule has 0 aliphatic rings. The van der Waals surface area contributed by atoms with Crippen molar-refractivity contribution in [3.05, 3.63) is 24.3 Å². The molecule has 4 N–H and O–H groups in total. The normalized spacial score (nSPS) is 14.0. The summed E-state index contributed by atoms with van der Waals surface area (Å²) in [5, 5.41) is 8.88. The van der Waals surface area contributed by atoms with Gasteiger partial charge in [-0.2, -0.15) is 0 Å². The first-order chi connectivity index (χ1) is 26.1. The first-order valence-corrected chi connectivity index (χ1v) is 22.9. The van der Waals surface area contributed by atoms with Gasteiger partial charge in [0.15, 0.2) is 6.10 Å². The van der Waals surface area contributed by atoms with Crippen LogP contribution in [0.5, 0.6) is 0 Å². The average Bonchev–Trinajstić information content (AvgIpc) is 3.14. The predicted octanol–water partition coefficient (Wildman–Crippen LogP) is 11.1. The van der Waals surface area contributed by atoms with Crippen LogP contribution in [0.1, 0.15) is 194 Å². The Labute approximate surface area is 328 Å². The molecule has 0 saturated carbocycles. The van der Waals surface area contributed by atoms with Gasteiger partial charge in [0.1, 0.15) is 12.6 Å². The van der Waals surface area contributed by atoms with Crippen molar-refractivity contribution < 1.29 is 47.5 Å². The van der Waals surface area contributed by atoms with Gasteiger partial charge in [0.25, 0.3) is 0 Å². The van der Waals surface area contributed by atoms with Crippen LogP contribution in [0.25, 0.3) is 0 Å². The number of allylic oxidation sites excluding steroid dienone is 4. The van der Waals surface area contributed by atoms with Gasteiger partial charge in [0, 0.05) is 12.8 Å². The van der Waals surface area contributed by atoms with Crippen molar-refractivity contribution in [3.8, 4) is 0 Å². The number of carboxylic acid groups (broad SMARTS) is 1. The lowest BCUT2D eigenvalue weighted by Crippen LogP contribution is -2.34. The molecule has 0 aliphatic heterocycles. The lowest BCUT2D eigenvalue weighted by atomic mass is 10.1. The Hall–Kier alpha value is -2.04. The van der Waals surface area contributed by atoms with E-state index in [0.29, 0.717) is 12.8 Å². The average molecular weight is 788 g/mol. The summed E-state index contributed by atoms with van der Waals surface area (Å²) < 4.78 is 32.6. The summed E-state index contributed by atoms with van der Waals surface area (Å²) >= 11 is 0. The molecule has 0 amide bonds. The van der Waals surface area contributed by atoms with Crippen LogP contribution >= 0.6 is 7.82 Å². The van der Waals surface area contributed by atoms with Gasteiger partial charge in [-0.1, -0.05) is 141 Å². The number of aliphatic carboxylic acids is 1. The summed E-state index contributed by atoms with van der Waals surface area (Å²) in [5.41, 5.74) is 5.33. The van der Waals surface area contributed by atoms with Crippen LogP contribution in [0.15, 0.2) is 24.3 Å². The van der Waals surface area contributed by atoms with E-state index in [-0.39, 0.29) is 19.4 Å². The maximum absolute atomic E-state index is 12.6. The van der Waals surface area contributed by atoms with E-state index in [0.717, 1.165) is 77.0 Å². The first kappa shape index (κ1) is 52.0. The van der Waals surface area contributed by atoms with Crippen molar-refractivity contribution in [2.45, 2.75) is 206 Å². The lowest BCUT2D eigenvalue weighted by molar-refractivity contribution is -0.161. The van der Waals surface area contributed by atoms with E-state index in [1.807, 2.05) is 0 Å². The summed E-state index contributed by atoms with van der Waals surface area (Å²) in [6.07, 6.45) is 38.1. The highest BCUT2D eigenvalue weighted by Crippen LogP contribution is 2.43. The highest BCUT2D eigenvalue weighted by atomic mass is 31.2. The number of unbranched alkanes of at least 4 members (excludes halogenated alkanes) is 22. The first-order valence-electron chi connectivity index (χ1n) is 21.4. The van der Waals surface area contributed by atoms with Crippen LogP contribution in [-0.4, -0.2) is 59.9 Å². The van der Waals surface area contributed by atoms with Crippen LogP contribution in [0.3, 0.4) is 0 Å². The Morgan fingerprint density at radius 3 is 1.35 bits per heavy atom. The third-order valence-electron chi connectivity index (χ3n) is 9.17. The second-order valence-corrected chi connectivity index (χ2v) is 15.9. The van der Waals surface area contributed by atoms with Gasteiger partial charge in [0.2, 0.25) is 0 Å². The van der Waals surface area contributed by atoms with E-state index in [2.05, 4.69) is 42.7 Å². The van der Waals surface area contributed by atoms with Gasteiger partial charge in [0.05, 0.1) is 13.2 Å². The Morgan fingerprint density at radius 1 is 0.556 bits per heavy atom. The molecule has 0 bridgehead atoms. The zero-order valence-corrected chi connectivity index (χ0v) is 35.0. The maximum atomic E-state index is 12.6. The molecule has 0 aliphatic carbocycles. The molecule has 54 heavy (non-hydrogen) atoms. The molecule has 0 fully saturated rings. The molecule has 316 valence electrons. The van der Waals surface area contributed by atoms with Crippen molar-refractivity contribution in [1.29, 1.82) is 0 Å². The third-order valence-corrected chi connectivity index (χ3v) is 10.1. The molecule has 0 rings (SSSR count). The zero-order valence-electron chi connectivity index (χ0n) is 34.1. The van der Waals surface area contributed by atoms with Gasteiger partial charge in [-0.3, -0.25) is 23.4 Å². The number of phosphoric ester groups is 1. The molecule has 0 saturated heterocycles. The number of ether oxygens (including phenoxy) is 2. The van der Waals surface area contributed by atoms with Crippen molar-refractivity contribution in [2.75, 3.05) is 19.8 Å². The molecule has 0 radical (unpaired) electrons. The van der Waals surface area contributed by atoms with Crippen LogP contribution in [0.2, 0.25) is 0 Å². The minimum Gasteiger partial charge on any atom is -0.480 e. The Balaban J connectivity index is 4.40. The van der Waals surface area contributed by atoms with Crippen LogP contribution < -0.4 is 5.73 Å². The van der Waals surface area contributed by atoms with Crippen molar-refractivity contribution in [2.24, 2.45) is 5.73 Å². The molecule has 0 spiro atoms. The summed E-state index contributed by atoms with van der Waals surface area (Å²) in [4.78, 5) is 45.9. The molecule has 0 heterocycles. The summed E-state index contributed by atoms with van der Waals surface area (Å²) in [6, 6.07) is -1.52. The van der Waals surface area contributed by atoms with Crippen LogP contribution in [0, 0.1) is 0 Å². The van der Waals surface area contributed by atoms with Gasteiger partial charge in [-0.25, -0.2) is 4.57 Å². The van der Waals surface area contributed by atoms with Gasteiger partial charge in [-0.15, -0.1) is 0 Å². The van der Waals surface area contributed by atoms with Crippen molar-refractivity contribution in [1.82, 2.24) is 0 Å². The van der Waals surface area contributed by atoms with Gasteiger partial charge in [-0.05, 0) is 64.2 Å². The predicted molar refractivity (Wildman–Crippen MR) is 217 cm³/mol. The second-order valence-electron chi connectivity index (χ2n) is 14.5. The Kier molecular flexibility index (Phi) is 36.4. The van der Waals surface area contributed by atoms with Crippen molar-refractivity contribution in [3.63, 3.8) is 0 Å². The molecule has 1 unspecified atom stereocenters. The highest BCUT2D eigenvalue weighted by Gasteiger charge is 2.28. The summed E-state index contributed by atoms with van der Waals surface area (Å²) in [5.74, 6) is -2.39. The van der Waals surface area contributed by atoms with Crippen LogP contribution in [-0.2, 0) is 37.5 Å². The standard InChI is InChI=1S/C42H78NO10P/c1-3-5-7-9-11-13-15-17-19-21-23-25-27-29-31-33-40(44)50-35-38(36-51-54(48,49)52-37-39(43)42(46)47)53-41(45)34-32-30-28-26-24-22-20-18-16-14-12-10-8-6-4-2/h17-20,38-39H,3-16,21-37,43H2,1-2H3,(H,46,47)(H,48,49)/b19-17+,20-18+/t38-,39+/m1/s1. The van der Waals surface area contributed by atoms with E-state index < -0.39 is 51.1 Å².